The van der Waals surface area contributed by atoms with Crippen LogP contribution < -0.4 is 11.3 Å². The monoisotopic (exact) mass is 223 g/mol. The van der Waals surface area contributed by atoms with Crippen molar-refractivity contribution in [2.24, 2.45) is 11.3 Å². The Balaban J connectivity index is 2.10. The predicted octanol–water partition coefficient (Wildman–Crippen LogP) is 1.03. The lowest BCUT2D eigenvalue weighted by Crippen LogP contribution is -2.43. The molecule has 0 spiro atoms. The van der Waals surface area contributed by atoms with Crippen molar-refractivity contribution in [1.29, 1.82) is 0 Å². The zero-order chi connectivity index (χ0) is 11.8. The van der Waals surface area contributed by atoms with Crippen molar-refractivity contribution in [3.63, 3.8) is 0 Å². The fourth-order valence-corrected chi connectivity index (χ4v) is 2.09. The lowest BCUT2D eigenvalue weighted by Gasteiger charge is -2.22. The molecule has 90 valence electrons. The summed E-state index contributed by atoms with van der Waals surface area (Å²) in [5, 5.41) is 4.24. The van der Waals surface area contributed by atoms with E-state index in [4.69, 9.17) is 5.84 Å². The van der Waals surface area contributed by atoms with E-state index in [-0.39, 0.29) is 0 Å². The Morgan fingerprint density at radius 3 is 2.75 bits per heavy atom. The molecule has 0 radical (unpaired) electrons. The molecule has 5 heteroatoms. The van der Waals surface area contributed by atoms with Gasteiger partial charge in [0.05, 0.1) is 0 Å². The van der Waals surface area contributed by atoms with Gasteiger partial charge in [0.25, 0.3) is 0 Å². The molecule has 5 nitrogen and oxygen atoms in total. The van der Waals surface area contributed by atoms with Crippen LogP contribution in [-0.2, 0) is 6.42 Å². The number of hydrazine groups is 1. The summed E-state index contributed by atoms with van der Waals surface area (Å²) in [6.07, 6.45) is 4.97. The number of hydrogen-bond donors (Lipinski definition) is 2. The predicted molar refractivity (Wildman–Crippen MR) is 62.6 cm³/mol. The van der Waals surface area contributed by atoms with E-state index in [0.29, 0.717) is 17.5 Å². The van der Waals surface area contributed by atoms with E-state index in [1.54, 1.807) is 6.33 Å². The number of nitrogens with one attached hydrogen (secondary N) is 1. The molecule has 1 heterocycles. The fraction of sp³-hybridized carbons (Fsp3) is 0.818. The third-order valence-electron chi connectivity index (χ3n) is 3.60. The van der Waals surface area contributed by atoms with Crippen molar-refractivity contribution in [1.82, 2.24) is 20.2 Å². The highest BCUT2D eigenvalue weighted by Crippen LogP contribution is 2.48. The van der Waals surface area contributed by atoms with Crippen molar-refractivity contribution < 1.29 is 0 Å². The highest BCUT2D eigenvalue weighted by atomic mass is 15.3. The van der Waals surface area contributed by atoms with Crippen molar-refractivity contribution >= 4 is 0 Å². The number of rotatable bonds is 5. The molecule has 1 aromatic heterocycles. The summed E-state index contributed by atoms with van der Waals surface area (Å²) in [5.41, 5.74) is 3.28. The first kappa shape index (κ1) is 11.5. The Labute approximate surface area is 96.4 Å². The SMILES string of the molecule is CC(C)n1ncnc1CC(NN)C1(C)CC1. The number of hydrogen-bond acceptors (Lipinski definition) is 4. The molecule has 16 heavy (non-hydrogen) atoms. The van der Waals surface area contributed by atoms with E-state index in [1.165, 1.54) is 12.8 Å². The minimum atomic E-state index is 0.300. The zero-order valence-electron chi connectivity index (χ0n) is 10.3. The normalized spacial score (nSPS) is 20.1. The molecule has 0 bridgehead atoms. The molecule has 1 saturated carbocycles. The molecular formula is C11H21N5. The highest BCUT2D eigenvalue weighted by Gasteiger charge is 2.44. The largest absolute Gasteiger partial charge is 0.271 e. The summed E-state index contributed by atoms with van der Waals surface area (Å²) < 4.78 is 1.97. The van der Waals surface area contributed by atoms with Crippen LogP contribution in [0.1, 0.15) is 45.5 Å². The van der Waals surface area contributed by atoms with Gasteiger partial charge >= 0.3 is 0 Å². The minimum Gasteiger partial charge on any atom is -0.271 e. The molecule has 0 aliphatic heterocycles. The molecular weight excluding hydrogens is 202 g/mol. The summed E-state index contributed by atoms with van der Waals surface area (Å²) in [4.78, 5) is 4.32. The second-order valence-corrected chi connectivity index (χ2v) is 5.29. The third kappa shape index (κ3) is 2.10. The van der Waals surface area contributed by atoms with E-state index in [2.05, 4.69) is 36.3 Å². The zero-order valence-corrected chi connectivity index (χ0v) is 10.3. The standard InChI is InChI=1S/C11H21N5/c1-8(2)16-10(13-7-14-16)6-9(15-12)11(3)4-5-11/h7-9,15H,4-6,12H2,1-3H3. The first-order chi connectivity index (χ1) is 7.57. The molecule has 1 aromatic rings. The molecule has 1 atom stereocenters. The topological polar surface area (TPSA) is 68.8 Å². The number of aromatic nitrogens is 3. The average Bonchev–Trinajstić information content (AvgIpc) is 2.82. The van der Waals surface area contributed by atoms with Crippen LogP contribution in [0, 0.1) is 5.41 Å². The van der Waals surface area contributed by atoms with Crippen LogP contribution in [0.4, 0.5) is 0 Å². The molecule has 1 fully saturated rings. The summed E-state index contributed by atoms with van der Waals surface area (Å²) in [6.45, 7) is 6.50. The van der Waals surface area contributed by atoms with Crippen LogP contribution in [0.2, 0.25) is 0 Å². The van der Waals surface area contributed by atoms with Gasteiger partial charge in [-0.1, -0.05) is 6.92 Å². The average molecular weight is 223 g/mol. The van der Waals surface area contributed by atoms with Gasteiger partial charge in [-0.25, -0.2) is 9.67 Å². The second kappa shape index (κ2) is 4.14. The Bertz CT molecular complexity index is 353. The summed E-state index contributed by atoms with van der Waals surface area (Å²) >= 11 is 0. The molecule has 0 saturated heterocycles. The van der Waals surface area contributed by atoms with Gasteiger partial charge in [-0.15, -0.1) is 0 Å². The molecule has 0 amide bonds. The van der Waals surface area contributed by atoms with Gasteiger partial charge in [0.1, 0.15) is 12.2 Å². The van der Waals surface area contributed by atoms with E-state index in [0.717, 1.165) is 12.2 Å². The van der Waals surface area contributed by atoms with Crippen LogP contribution >= 0.6 is 0 Å². The van der Waals surface area contributed by atoms with Gasteiger partial charge in [-0.05, 0) is 32.1 Å². The maximum atomic E-state index is 5.63. The number of nitrogens with two attached hydrogens (primary N) is 1. The Morgan fingerprint density at radius 2 is 2.25 bits per heavy atom. The highest BCUT2D eigenvalue weighted by molar-refractivity contribution is 5.03. The Hall–Kier alpha value is -0.940. The van der Waals surface area contributed by atoms with E-state index in [9.17, 15) is 0 Å². The van der Waals surface area contributed by atoms with E-state index < -0.39 is 0 Å². The molecule has 1 unspecified atom stereocenters. The van der Waals surface area contributed by atoms with Crippen LogP contribution in [0.3, 0.4) is 0 Å². The van der Waals surface area contributed by atoms with Crippen molar-refractivity contribution in [3.05, 3.63) is 12.2 Å². The van der Waals surface area contributed by atoms with Gasteiger partial charge in [-0.2, -0.15) is 5.10 Å². The Kier molecular flexibility index (Phi) is 2.99. The molecule has 1 aliphatic carbocycles. The smallest absolute Gasteiger partial charge is 0.138 e. The van der Waals surface area contributed by atoms with Gasteiger partial charge in [0.15, 0.2) is 0 Å². The van der Waals surface area contributed by atoms with Gasteiger partial charge in [-0.3, -0.25) is 11.3 Å². The van der Waals surface area contributed by atoms with Crippen LogP contribution in [0.25, 0.3) is 0 Å². The van der Waals surface area contributed by atoms with Crippen LogP contribution in [-0.4, -0.2) is 20.8 Å². The first-order valence-corrected chi connectivity index (χ1v) is 5.91. The van der Waals surface area contributed by atoms with Gasteiger partial charge < -0.3 is 0 Å². The van der Waals surface area contributed by atoms with Crippen LogP contribution in [0.5, 0.6) is 0 Å². The molecule has 0 aromatic carbocycles. The lowest BCUT2D eigenvalue weighted by molar-refractivity contribution is 0.344. The molecule has 2 rings (SSSR count). The summed E-state index contributed by atoms with van der Waals surface area (Å²) in [6, 6.07) is 0.650. The molecule has 1 aliphatic rings. The van der Waals surface area contributed by atoms with Gasteiger partial charge in [0, 0.05) is 18.5 Å². The Morgan fingerprint density at radius 1 is 1.56 bits per heavy atom. The van der Waals surface area contributed by atoms with Gasteiger partial charge in [0.2, 0.25) is 0 Å². The quantitative estimate of drug-likeness (QED) is 0.578. The van der Waals surface area contributed by atoms with E-state index >= 15 is 0 Å². The lowest BCUT2D eigenvalue weighted by atomic mass is 9.96. The summed E-state index contributed by atoms with van der Waals surface area (Å²) in [5.74, 6) is 6.65. The second-order valence-electron chi connectivity index (χ2n) is 5.29. The van der Waals surface area contributed by atoms with Crippen LogP contribution in [0.15, 0.2) is 6.33 Å². The van der Waals surface area contributed by atoms with E-state index in [1.807, 2.05) is 4.68 Å². The van der Waals surface area contributed by atoms with Crippen molar-refractivity contribution in [3.8, 4) is 0 Å². The maximum absolute atomic E-state index is 5.63. The third-order valence-corrected chi connectivity index (χ3v) is 3.60. The summed E-state index contributed by atoms with van der Waals surface area (Å²) in [7, 11) is 0. The maximum Gasteiger partial charge on any atom is 0.138 e. The molecule has 3 N–H and O–H groups in total. The number of nitrogens with zero attached hydrogens (tertiary/aromatic N) is 3. The first-order valence-electron chi connectivity index (χ1n) is 5.91. The fourth-order valence-electron chi connectivity index (χ4n) is 2.09. The van der Waals surface area contributed by atoms with Crippen molar-refractivity contribution in [2.75, 3.05) is 0 Å². The minimum absolute atomic E-state index is 0.300. The van der Waals surface area contributed by atoms with Crippen molar-refractivity contribution in [2.45, 2.75) is 52.1 Å².